The number of fused-ring (bicyclic) bond motifs is 2. The highest BCUT2D eigenvalue weighted by Crippen LogP contribution is 2.33. The molecule has 1 aliphatic rings. The van der Waals surface area contributed by atoms with Crippen molar-refractivity contribution in [3.8, 4) is 0 Å². The first-order valence-electron chi connectivity index (χ1n) is 8.55. The SMILES string of the molecule is Cn1nc(Nc2cnn3c2CCCC3)c2c(F)cc(C(C)(C)O)cc21. The molecule has 0 bridgehead atoms. The normalized spacial score (nSPS) is 14.8. The van der Waals surface area contributed by atoms with Gasteiger partial charge in [-0.25, -0.2) is 4.39 Å². The summed E-state index contributed by atoms with van der Waals surface area (Å²) >= 11 is 0. The zero-order valence-corrected chi connectivity index (χ0v) is 14.7. The van der Waals surface area contributed by atoms with E-state index in [0.29, 0.717) is 22.3 Å². The average molecular weight is 343 g/mol. The van der Waals surface area contributed by atoms with Gasteiger partial charge in [-0.05, 0) is 50.8 Å². The molecule has 0 fully saturated rings. The van der Waals surface area contributed by atoms with E-state index in [0.717, 1.165) is 37.2 Å². The second kappa shape index (κ2) is 5.56. The minimum absolute atomic E-state index is 0.397. The predicted octanol–water partition coefficient (Wildman–Crippen LogP) is 3.22. The maximum Gasteiger partial charge on any atom is 0.163 e. The molecule has 6 nitrogen and oxygen atoms in total. The molecule has 4 rings (SSSR count). The number of aromatic nitrogens is 4. The Morgan fingerprint density at radius 1 is 1.28 bits per heavy atom. The minimum atomic E-state index is -1.11. The maximum atomic E-state index is 14.8. The second-order valence-corrected chi connectivity index (χ2v) is 7.19. The van der Waals surface area contributed by atoms with Gasteiger partial charge in [0.1, 0.15) is 5.82 Å². The summed E-state index contributed by atoms with van der Waals surface area (Å²) in [5, 5.41) is 22.7. The van der Waals surface area contributed by atoms with Crippen molar-refractivity contribution in [2.45, 2.75) is 45.3 Å². The van der Waals surface area contributed by atoms with E-state index >= 15 is 0 Å². The third-order valence-corrected chi connectivity index (χ3v) is 4.85. The fourth-order valence-electron chi connectivity index (χ4n) is 3.43. The molecule has 1 aliphatic heterocycles. The minimum Gasteiger partial charge on any atom is -0.386 e. The van der Waals surface area contributed by atoms with Crippen LogP contribution in [0.25, 0.3) is 10.9 Å². The van der Waals surface area contributed by atoms with Gasteiger partial charge in [0, 0.05) is 13.6 Å². The largest absolute Gasteiger partial charge is 0.386 e. The average Bonchev–Trinajstić information content (AvgIpc) is 3.09. The molecule has 0 amide bonds. The molecule has 7 heteroatoms. The van der Waals surface area contributed by atoms with Crippen LogP contribution in [0.15, 0.2) is 18.3 Å². The van der Waals surface area contributed by atoms with Crippen molar-refractivity contribution in [2.75, 3.05) is 5.32 Å². The van der Waals surface area contributed by atoms with Crippen LogP contribution in [-0.2, 0) is 25.6 Å². The Bertz CT molecular complexity index is 951. The summed E-state index contributed by atoms with van der Waals surface area (Å²) in [7, 11) is 1.77. The van der Waals surface area contributed by atoms with Crippen LogP contribution in [0.3, 0.4) is 0 Å². The van der Waals surface area contributed by atoms with E-state index in [2.05, 4.69) is 15.5 Å². The third-order valence-electron chi connectivity index (χ3n) is 4.85. The molecule has 2 aromatic heterocycles. The summed E-state index contributed by atoms with van der Waals surface area (Å²) in [6.45, 7) is 4.20. The first kappa shape index (κ1) is 16.1. The van der Waals surface area contributed by atoms with Gasteiger partial charge < -0.3 is 10.4 Å². The molecule has 0 saturated heterocycles. The lowest BCUT2D eigenvalue weighted by atomic mass is 9.97. The molecule has 0 saturated carbocycles. The zero-order chi connectivity index (χ0) is 17.8. The molecule has 132 valence electrons. The van der Waals surface area contributed by atoms with Gasteiger partial charge >= 0.3 is 0 Å². The number of hydrogen-bond acceptors (Lipinski definition) is 4. The molecule has 0 aliphatic carbocycles. The summed E-state index contributed by atoms with van der Waals surface area (Å²) in [4.78, 5) is 0. The Morgan fingerprint density at radius 2 is 2.08 bits per heavy atom. The smallest absolute Gasteiger partial charge is 0.163 e. The lowest BCUT2D eigenvalue weighted by molar-refractivity contribution is 0.0784. The van der Waals surface area contributed by atoms with Crippen LogP contribution in [0.4, 0.5) is 15.9 Å². The molecule has 3 heterocycles. The van der Waals surface area contributed by atoms with Gasteiger partial charge in [-0.15, -0.1) is 0 Å². The predicted molar refractivity (Wildman–Crippen MR) is 94.4 cm³/mol. The summed E-state index contributed by atoms with van der Waals surface area (Å²) in [6, 6.07) is 3.16. The number of nitrogens with zero attached hydrogens (tertiary/aromatic N) is 4. The van der Waals surface area contributed by atoms with E-state index in [4.69, 9.17) is 0 Å². The zero-order valence-electron chi connectivity index (χ0n) is 14.7. The Morgan fingerprint density at radius 3 is 2.84 bits per heavy atom. The van der Waals surface area contributed by atoms with Crippen molar-refractivity contribution in [3.63, 3.8) is 0 Å². The van der Waals surface area contributed by atoms with E-state index in [-0.39, 0.29) is 0 Å². The van der Waals surface area contributed by atoms with Crippen LogP contribution in [0.5, 0.6) is 0 Å². The van der Waals surface area contributed by atoms with Crippen molar-refractivity contribution in [1.82, 2.24) is 19.6 Å². The van der Waals surface area contributed by atoms with E-state index in [1.165, 1.54) is 6.07 Å². The summed E-state index contributed by atoms with van der Waals surface area (Å²) < 4.78 is 18.4. The van der Waals surface area contributed by atoms with Crippen molar-refractivity contribution in [2.24, 2.45) is 7.05 Å². The number of nitrogens with one attached hydrogen (secondary N) is 1. The number of halogens is 1. The summed E-state index contributed by atoms with van der Waals surface area (Å²) in [5.74, 6) is 0.0740. The van der Waals surface area contributed by atoms with Crippen LogP contribution in [0, 0.1) is 5.82 Å². The maximum absolute atomic E-state index is 14.8. The van der Waals surface area contributed by atoms with Gasteiger partial charge in [-0.1, -0.05) is 0 Å². The third kappa shape index (κ3) is 2.68. The highest BCUT2D eigenvalue weighted by Gasteiger charge is 2.23. The van der Waals surface area contributed by atoms with Crippen molar-refractivity contribution in [1.29, 1.82) is 0 Å². The summed E-state index contributed by atoms with van der Waals surface area (Å²) in [5.41, 5.74) is 2.07. The van der Waals surface area contributed by atoms with Gasteiger partial charge in [-0.2, -0.15) is 10.2 Å². The van der Waals surface area contributed by atoms with Crippen LogP contribution in [0.1, 0.15) is 37.9 Å². The van der Waals surface area contributed by atoms with Crippen molar-refractivity contribution >= 4 is 22.4 Å². The Balaban J connectivity index is 1.80. The van der Waals surface area contributed by atoms with E-state index in [1.54, 1.807) is 37.8 Å². The second-order valence-electron chi connectivity index (χ2n) is 7.19. The lowest BCUT2D eigenvalue weighted by Gasteiger charge is -2.18. The van der Waals surface area contributed by atoms with Gasteiger partial charge in [0.2, 0.25) is 0 Å². The molecular weight excluding hydrogens is 321 g/mol. The van der Waals surface area contributed by atoms with Crippen LogP contribution in [0.2, 0.25) is 0 Å². The number of hydrogen-bond donors (Lipinski definition) is 2. The summed E-state index contributed by atoms with van der Waals surface area (Å²) in [6.07, 6.45) is 5.00. The molecule has 2 N–H and O–H groups in total. The Hall–Kier alpha value is -2.41. The highest BCUT2D eigenvalue weighted by atomic mass is 19.1. The molecule has 1 aromatic carbocycles. The lowest BCUT2D eigenvalue weighted by Crippen LogP contribution is -2.15. The molecule has 3 aromatic rings. The first-order valence-corrected chi connectivity index (χ1v) is 8.55. The van der Waals surface area contributed by atoms with Crippen LogP contribution >= 0.6 is 0 Å². The van der Waals surface area contributed by atoms with Crippen LogP contribution < -0.4 is 5.32 Å². The fourth-order valence-corrected chi connectivity index (χ4v) is 3.43. The standard InChI is InChI=1S/C18H22FN5O/c1-18(2,25)11-8-12(19)16-15(9-11)23(3)22-17(16)21-13-10-20-24-7-5-4-6-14(13)24/h8-10,25H,4-7H2,1-3H3,(H,21,22). The molecule has 25 heavy (non-hydrogen) atoms. The molecule has 0 spiro atoms. The molecule has 0 radical (unpaired) electrons. The fraction of sp³-hybridized carbons (Fsp3) is 0.444. The van der Waals surface area contributed by atoms with Gasteiger partial charge in [0.15, 0.2) is 5.82 Å². The number of aliphatic hydroxyl groups is 1. The number of aryl methyl sites for hydroxylation is 2. The Kier molecular flexibility index (Phi) is 3.57. The van der Waals surface area contributed by atoms with Crippen molar-refractivity contribution < 1.29 is 9.50 Å². The van der Waals surface area contributed by atoms with E-state index < -0.39 is 11.4 Å². The quantitative estimate of drug-likeness (QED) is 0.766. The number of benzene rings is 1. The van der Waals surface area contributed by atoms with Crippen molar-refractivity contribution in [3.05, 3.63) is 35.4 Å². The number of rotatable bonds is 3. The van der Waals surface area contributed by atoms with Gasteiger partial charge in [0.05, 0.1) is 34.1 Å². The van der Waals surface area contributed by atoms with Crippen LogP contribution in [-0.4, -0.2) is 24.7 Å². The van der Waals surface area contributed by atoms with Gasteiger partial charge in [0.25, 0.3) is 0 Å². The molecular formula is C18H22FN5O. The molecule has 0 atom stereocenters. The topological polar surface area (TPSA) is 67.9 Å². The first-order chi connectivity index (χ1) is 11.8. The van der Waals surface area contributed by atoms with E-state index in [1.807, 2.05) is 4.68 Å². The van der Waals surface area contributed by atoms with Gasteiger partial charge in [-0.3, -0.25) is 9.36 Å². The molecule has 0 unspecified atom stereocenters. The highest BCUT2D eigenvalue weighted by molar-refractivity contribution is 5.93. The van der Waals surface area contributed by atoms with E-state index in [9.17, 15) is 9.50 Å². The monoisotopic (exact) mass is 343 g/mol. The number of anilines is 2. The Labute approximate surface area is 145 Å².